The Morgan fingerprint density at radius 3 is 3.00 bits per heavy atom. The first kappa shape index (κ1) is 14.9. The van der Waals surface area contributed by atoms with Crippen molar-refractivity contribution in [3.8, 4) is 0 Å². The molecule has 0 aliphatic rings. The van der Waals surface area contributed by atoms with E-state index in [1.54, 1.807) is 23.3 Å². The van der Waals surface area contributed by atoms with Gasteiger partial charge in [0.25, 0.3) is 5.91 Å². The number of hydrogen-bond donors (Lipinski definition) is 0. The van der Waals surface area contributed by atoms with E-state index in [1.807, 2.05) is 24.4 Å². The zero-order valence-electron chi connectivity index (χ0n) is 11.1. The lowest BCUT2D eigenvalue weighted by Crippen LogP contribution is -2.36. The van der Waals surface area contributed by atoms with Crippen LogP contribution in [0.5, 0.6) is 0 Å². The van der Waals surface area contributed by atoms with Crippen LogP contribution in [0.4, 0.5) is 4.39 Å². The zero-order chi connectivity index (χ0) is 14.7. The molecule has 0 fully saturated rings. The van der Waals surface area contributed by atoms with Gasteiger partial charge < -0.3 is 4.90 Å². The topological polar surface area (TPSA) is 33.2 Å². The summed E-state index contributed by atoms with van der Waals surface area (Å²) >= 11 is 7.50. The molecule has 0 aromatic carbocycles. The Morgan fingerprint density at radius 1 is 1.60 bits per heavy atom. The van der Waals surface area contributed by atoms with E-state index in [-0.39, 0.29) is 22.7 Å². The van der Waals surface area contributed by atoms with Gasteiger partial charge in [-0.25, -0.2) is 9.37 Å². The fourth-order valence-corrected chi connectivity index (χ4v) is 2.83. The van der Waals surface area contributed by atoms with Crippen LogP contribution in [0.2, 0.25) is 5.15 Å². The van der Waals surface area contributed by atoms with Crippen molar-refractivity contribution in [1.29, 1.82) is 0 Å². The van der Waals surface area contributed by atoms with Crippen LogP contribution in [0.3, 0.4) is 0 Å². The summed E-state index contributed by atoms with van der Waals surface area (Å²) in [7, 11) is 1.68. The lowest BCUT2D eigenvalue weighted by molar-refractivity contribution is 0.0743. The molecule has 0 radical (unpaired) electrons. The molecule has 2 aromatic rings. The Bertz CT molecular complexity index is 603. The van der Waals surface area contributed by atoms with Crippen molar-refractivity contribution in [2.24, 2.45) is 0 Å². The van der Waals surface area contributed by atoms with Gasteiger partial charge in [0.2, 0.25) is 0 Å². The van der Waals surface area contributed by atoms with Crippen LogP contribution < -0.4 is 0 Å². The Hall–Kier alpha value is -1.46. The molecule has 2 aromatic heterocycles. The first-order chi connectivity index (χ1) is 9.49. The third-order valence-corrected chi connectivity index (χ3v) is 4.29. The number of amides is 1. The molecular weight excluding hydrogens is 299 g/mol. The van der Waals surface area contributed by atoms with E-state index in [2.05, 4.69) is 4.98 Å². The number of aromatic nitrogens is 1. The van der Waals surface area contributed by atoms with Crippen molar-refractivity contribution >= 4 is 28.8 Å². The van der Waals surface area contributed by atoms with Crippen LogP contribution >= 0.6 is 22.9 Å². The van der Waals surface area contributed by atoms with Crippen molar-refractivity contribution in [2.45, 2.75) is 19.4 Å². The van der Waals surface area contributed by atoms with Gasteiger partial charge in [0.15, 0.2) is 0 Å². The van der Waals surface area contributed by atoms with Gasteiger partial charge >= 0.3 is 0 Å². The maximum absolute atomic E-state index is 13.2. The fourth-order valence-electron chi connectivity index (χ4n) is 1.82. The van der Waals surface area contributed by atoms with E-state index < -0.39 is 5.82 Å². The fraction of sp³-hybridized carbons (Fsp3) is 0.286. The molecule has 0 saturated heterocycles. The number of pyridine rings is 1. The normalized spacial score (nSPS) is 12.2. The number of carbonyl (C=O) groups excluding carboxylic acids is 1. The Labute approximate surface area is 126 Å². The summed E-state index contributed by atoms with van der Waals surface area (Å²) in [5, 5.41) is 2.02. The smallest absolute Gasteiger partial charge is 0.257 e. The molecule has 2 heterocycles. The predicted octanol–water partition coefficient (Wildman–Crippen LogP) is 3.64. The minimum Gasteiger partial charge on any atom is -0.339 e. The van der Waals surface area contributed by atoms with Gasteiger partial charge in [-0.2, -0.15) is 0 Å². The van der Waals surface area contributed by atoms with Crippen LogP contribution in [-0.4, -0.2) is 28.9 Å². The monoisotopic (exact) mass is 312 g/mol. The lowest BCUT2D eigenvalue weighted by atomic mass is 10.1. The molecule has 0 aliphatic heterocycles. The van der Waals surface area contributed by atoms with Crippen molar-refractivity contribution < 1.29 is 9.18 Å². The summed E-state index contributed by atoms with van der Waals surface area (Å²) < 4.78 is 13.2. The number of thiophene rings is 1. The molecule has 6 heteroatoms. The van der Waals surface area contributed by atoms with Gasteiger partial charge in [-0.1, -0.05) is 17.7 Å². The first-order valence-corrected chi connectivity index (χ1v) is 7.35. The van der Waals surface area contributed by atoms with Gasteiger partial charge in [0.05, 0.1) is 11.8 Å². The molecule has 0 N–H and O–H groups in total. The van der Waals surface area contributed by atoms with Gasteiger partial charge in [0.1, 0.15) is 11.0 Å². The highest BCUT2D eigenvalue weighted by molar-refractivity contribution is 7.09. The molecule has 0 spiro atoms. The molecule has 0 aliphatic carbocycles. The SMILES string of the molecule is CC(Cc1cccs1)N(C)C(=O)c1cc(F)cnc1Cl. The molecule has 106 valence electrons. The van der Waals surface area contributed by atoms with E-state index in [1.165, 1.54) is 4.88 Å². The largest absolute Gasteiger partial charge is 0.339 e. The van der Waals surface area contributed by atoms with Gasteiger partial charge in [-0.3, -0.25) is 4.79 Å². The van der Waals surface area contributed by atoms with Crippen molar-refractivity contribution in [1.82, 2.24) is 9.88 Å². The van der Waals surface area contributed by atoms with E-state index in [0.717, 1.165) is 18.7 Å². The van der Waals surface area contributed by atoms with Crippen LogP contribution in [0, 0.1) is 5.82 Å². The Morgan fingerprint density at radius 2 is 2.35 bits per heavy atom. The van der Waals surface area contributed by atoms with Crippen LogP contribution in [0.15, 0.2) is 29.8 Å². The molecular formula is C14H14ClFN2OS. The summed E-state index contributed by atoms with van der Waals surface area (Å²) in [5.74, 6) is -0.900. The number of hydrogen-bond acceptors (Lipinski definition) is 3. The number of nitrogens with zero attached hydrogens (tertiary/aromatic N) is 2. The van der Waals surface area contributed by atoms with E-state index in [4.69, 9.17) is 11.6 Å². The number of likely N-dealkylation sites (N-methyl/N-ethyl adjacent to an activating group) is 1. The van der Waals surface area contributed by atoms with Gasteiger partial charge in [-0.05, 0) is 24.4 Å². The summed E-state index contributed by atoms with van der Waals surface area (Å²) in [6.07, 6.45) is 1.74. The minimum absolute atomic E-state index is 0.0134. The molecule has 2 rings (SSSR count). The Kier molecular flexibility index (Phi) is 4.73. The second-order valence-electron chi connectivity index (χ2n) is 4.54. The van der Waals surface area contributed by atoms with Crippen molar-refractivity contribution in [2.75, 3.05) is 7.05 Å². The zero-order valence-corrected chi connectivity index (χ0v) is 12.7. The van der Waals surface area contributed by atoms with Gasteiger partial charge in [-0.15, -0.1) is 11.3 Å². The molecule has 1 unspecified atom stereocenters. The van der Waals surface area contributed by atoms with Gasteiger partial charge in [0, 0.05) is 24.4 Å². The standard InChI is InChI=1S/C14H14ClFN2OS/c1-9(6-11-4-3-5-20-11)18(2)14(19)12-7-10(16)8-17-13(12)15/h3-5,7-9H,6H2,1-2H3. The lowest BCUT2D eigenvalue weighted by Gasteiger charge is -2.25. The minimum atomic E-state index is -0.572. The highest BCUT2D eigenvalue weighted by Crippen LogP contribution is 2.19. The van der Waals surface area contributed by atoms with E-state index in [0.29, 0.717) is 0 Å². The van der Waals surface area contributed by atoms with Crippen molar-refractivity contribution in [3.05, 3.63) is 51.2 Å². The number of carbonyl (C=O) groups is 1. The predicted molar refractivity (Wildman–Crippen MR) is 78.8 cm³/mol. The maximum atomic E-state index is 13.2. The van der Waals surface area contributed by atoms with Crippen LogP contribution in [0.25, 0.3) is 0 Å². The van der Waals surface area contributed by atoms with Crippen LogP contribution in [-0.2, 0) is 6.42 Å². The third kappa shape index (κ3) is 3.35. The summed E-state index contributed by atoms with van der Waals surface area (Å²) in [6, 6.07) is 5.10. The quantitative estimate of drug-likeness (QED) is 0.808. The average molecular weight is 313 g/mol. The maximum Gasteiger partial charge on any atom is 0.257 e. The molecule has 1 amide bonds. The van der Waals surface area contributed by atoms with E-state index >= 15 is 0 Å². The molecule has 20 heavy (non-hydrogen) atoms. The highest BCUT2D eigenvalue weighted by Gasteiger charge is 2.21. The van der Waals surface area contributed by atoms with Crippen molar-refractivity contribution in [3.63, 3.8) is 0 Å². The first-order valence-electron chi connectivity index (χ1n) is 6.09. The number of halogens is 2. The highest BCUT2D eigenvalue weighted by atomic mass is 35.5. The molecule has 0 bridgehead atoms. The summed E-state index contributed by atoms with van der Waals surface area (Å²) in [5.41, 5.74) is 0.0900. The second kappa shape index (κ2) is 6.33. The summed E-state index contributed by atoms with van der Waals surface area (Å²) in [4.78, 5) is 18.7. The van der Waals surface area contributed by atoms with Crippen LogP contribution in [0.1, 0.15) is 22.2 Å². The average Bonchev–Trinajstić information content (AvgIpc) is 2.92. The second-order valence-corrected chi connectivity index (χ2v) is 5.93. The molecule has 1 atom stereocenters. The molecule has 3 nitrogen and oxygen atoms in total. The van der Waals surface area contributed by atoms with E-state index in [9.17, 15) is 9.18 Å². The third-order valence-electron chi connectivity index (χ3n) is 3.09. The summed E-state index contributed by atoms with van der Waals surface area (Å²) in [6.45, 7) is 1.94. The number of rotatable bonds is 4. The molecule has 0 saturated carbocycles. The Balaban J connectivity index is 2.13.